The maximum atomic E-state index is 13.3. The molecule has 0 amide bonds. The van der Waals surface area contributed by atoms with Crippen LogP contribution in [0.15, 0.2) is 12.2 Å². The summed E-state index contributed by atoms with van der Waals surface area (Å²) in [6.45, 7) is 14.6. The van der Waals surface area contributed by atoms with Crippen LogP contribution in [-0.4, -0.2) is 51.5 Å². The molecule has 0 aromatic rings. The molecule has 1 saturated heterocycles. The first-order chi connectivity index (χ1) is 16.9. The SMILES string of the molecule is COC(=O)[C@]12CCC(C)(C)C[C@H]1[C@@](O)(/C=C\[C@@]13O[C@]1(C)CC[C@H]1C(C)(C)C(=O)CC[C@@]13C)[C@@](C)(O)CC2. The van der Waals surface area contributed by atoms with Gasteiger partial charge in [0.15, 0.2) is 0 Å². The highest BCUT2D eigenvalue weighted by Gasteiger charge is 2.79. The number of esters is 1. The van der Waals surface area contributed by atoms with Gasteiger partial charge in [-0.05, 0) is 76.5 Å². The maximum Gasteiger partial charge on any atom is 0.312 e. The smallest absolute Gasteiger partial charge is 0.312 e. The van der Waals surface area contributed by atoms with Gasteiger partial charge in [-0.15, -0.1) is 0 Å². The molecule has 8 atom stereocenters. The Morgan fingerprint density at radius 2 is 1.57 bits per heavy atom. The Morgan fingerprint density at radius 1 is 0.919 bits per heavy atom. The number of rotatable bonds is 3. The molecule has 37 heavy (non-hydrogen) atoms. The zero-order valence-electron chi connectivity index (χ0n) is 24.2. The predicted octanol–water partition coefficient (Wildman–Crippen LogP) is 5.14. The Kier molecular flexibility index (Phi) is 5.68. The van der Waals surface area contributed by atoms with Gasteiger partial charge in [0, 0.05) is 23.2 Å². The molecular weight excluding hydrogens is 468 g/mol. The van der Waals surface area contributed by atoms with E-state index in [-0.39, 0.29) is 28.3 Å². The molecule has 208 valence electrons. The average Bonchev–Trinajstić information content (AvgIpc) is 3.45. The van der Waals surface area contributed by atoms with Gasteiger partial charge in [-0.25, -0.2) is 0 Å². The van der Waals surface area contributed by atoms with Crippen LogP contribution >= 0.6 is 0 Å². The molecule has 5 fully saturated rings. The van der Waals surface area contributed by atoms with Crippen LogP contribution < -0.4 is 0 Å². The highest BCUT2D eigenvalue weighted by Crippen LogP contribution is 2.73. The fraction of sp³-hybridized carbons (Fsp3) is 0.871. The maximum absolute atomic E-state index is 13.3. The van der Waals surface area contributed by atoms with Crippen molar-refractivity contribution in [2.45, 2.75) is 129 Å². The largest absolute Gasteiger partial charge is 0.469 e. The molecule has 0 unspecified atom stereocenters. The van der Waals surface area contributed by atoms with Gasteiger partial charge in [-0.3, -0.25) is 9.59 Å². The van der Waals surface area contributed by atoms with Gasteiger partial charge in [0.25, 0.3) is 0 Å². The Balaban J connectivity index is 1.61. The number of carbonyl (C=O) groups is 2. The first-order valence-corrected chi connectivity index (χ1v) is 14.3. The van der Waals surface area contributed by atoms with Gasteiger partial charge in [-0.2, -0.15) is 0 Å². The van der Waals surface area contributed by atoms with E-state index in [0.717, 1.165) is 25.7 Å². The van der Waals surface area contributed by atoms with Crippen LogP contribution in [-0.2, 0) is 19.1 Å². The Morgan fingerprint density at radius 3 is 2.22 bits per heavy atom. The highest BCUT2D eigenvalue weighted by atomic mass is 16.6. The molecule has 4 aliphatic carbocycles. The molecule has 1 aliphatic heterocycles. The second-order valence-electron chi connectivity index (χ2n) is 15.2. The number of ketones is 1. The van der Waals surface area contributed by atoms with Crippen molar-refractivity contribution in [2.75, 3.05) is 7.11 Å². The van der Waals surface area contributed by atoms with Gasteiger partial charge in [0.05, 0.1) is 23.7 Å². The minimum Gasteiger partial charge on any atom is -0.469 e. The summed E-state index contributed by atoms with van der Waals surface area (Å²) in [5.74, 6) is -0.266. The molecule has 0 bridgehead atoms. The van der Waals surface area contributed by atoms with Crippen molar-refractivity contribution >= 4 is 11.8 Å². The van der Waals surface area contributed by atoms with Gasteiger partial charge >= 0.3 is 5.97 Å². The lowest BCUT2D eigenvalue weighted by atomic mass is 9.45. The summed E-state index contributed by atoms with van der Waals surface area (Å²) in [5.41, 5.74) is -5.61. The highest BCUT2D eigenvalue weighted by molar-refractivity contribution is 5.85. The fourth-order valence-electron chi connectivity index (χ4n) is 9.69. The third-order valence-electron chi connectivity index (χ3n) is 12.4. The van der Waals surface area contributed by atoms with Crippen LogP contribution in [0.2, 0.25) is 0 Å². The second-order valence-corrected chi connectivity index (χ2v) is 15.2. The van der Waals surface area contributed by atoms with Gasteiger partial charge in [0.2, 0.25) is 0 Å². The summed E-state index contributed by atoms with van der Waals surface area (Å²) < 4.78 is 12.0. The van der Waals surface area contributed by atoms with Crippen molar-refractivity contribution in [3.05, 3.63) is 12.2 Å². The first kappa shape index (κ1) is 27.3. The Bertz CT molecular complexity index is 1040. The number of carbonyl (C=O) groups excluding carboxylic acids is 2. The molecular formula is C31H48O6. The molecule has 0 spiro atoms. The summed E-state index contributed by atoms with van der Waals surface area (Å²) in [4.78, 5) is 26.2. The lowest BCUT2D eigenvalue weighted by Gasteiger charge is -2.60. The van der Waals surface area contributed by atoms with Gasteiger partial charge < -0.3 is 19.7 Å². The van der Waals surface area contributed by atoms with Crippen molar-refractivity contribution in [1.82, 2.24) is 0 Å². The standard InChI is InChI=1S/C31H48O6/c1-24(2)13-15-29(23(33)36-8)16-14-27(6,34)30(35,21(29)19-24)17-18-31-26(5)11-10-22(32)25(3,4)20(26)9-12-28(31,7)37-31/h17-18,20-21,34-35H,9-16,19H2,1-8H3/b18-17-/t20-,21+,26-,27-,28+,29-,30-,31-/m0/s1. The predicted molar refractivity (Wildman–Crippen MR) is 141 cm³/mol. The summed E-state index contributed by atoms with van der Waals surface area (Å²) in [6, 6.07) is 0. The lowest BCUT2D eigenvalue weighted by Crippen LogP contribution is -2.68. The van der Waals surface area contributed by atoms with E-state index in [0.29, 0.717) is 37.9 Å². The summed E-state index contributed by atoms with van der Waals surface area (Å²) in [6.07, 6.45) is 9.84. The van der Waals surface area contributed by atoms with Gasteiger partial charge in [0.1, 0.15) is 17.0 Å². The Hall–Kier alpha value is -1.24. The topological polar surface area (TPSA) is 96.4 Å². The molecule has 0 aromatic heterocycles. The number of hydrogen-bond acceptors (Lipinski definition) is 6. The third kappa shape index (κ3) is 3.34. The zero-order chi connectivity index (χ0) is 27.5. The second kappa shape index (κ2) is 7.69. The van der Waals surface area contributed by atoms with E-state index in [1.165, 1.54) is 7.11 Å². The molecule has 2 N–H and O–H groups in total. The van der Waals surface area contributed by atoms with E-state index in [9.17, 15) is 19.8 Å². The molecule has 5 rings (SSSR count). The van der Waals surface area contributed by atoms with E-state index in [1.54, 1.807) is 13.0 Å². The number of hydrogen-bond donors (Lipinski definition) is 2. The van der Waals surface area contributed by atoms with Crippen molar-refractivity contribution < 1.29 is 29.3 Å². The van der Waals surface area contributed by atoms with Crippen LogP contribution in [0.5, 0.6) is 0 Å². The lowest BCUT2D eigenvalue weighted by molar-refractivity contribution is -0.231. The molecule has 0 radical (unpaired) electrons. The summed E-state index contributed by atoms with van der Waals surface area (Å²) in [5, 5.41) is 24.3. The number of fused-ring (bicyclic) bond motifs is 4. The fourth-order valence-corrected chi connectivity index (χ4v) is 9.69. The quantitative estimate of drug-likeness (QED) is 0.306. The normalized spacial score (nSPS) is 52.1. The van der Waals surface area contributed by atoms with E-state index < -0.39 is 33.6 Å². The molecule has 1 heterocycles. The van der Waals surface area contributed by atoms with E-state index >= 15 is 0 Å². The monoisotopic (exact) mass is 516 g/mol. The van der Waals surface area contributed by atoms with Crippen molar-refractivity contribution in [3.63, 3.8) is 0 Å². The number of aliphatic hydroxyl groups is 2. The average molecular weight is 517 g/mol. The van der Waals surface area contributed by atoms with Crippen LogP contribution in [0, 0.1) is 33.5 Å². The van der Waals surface area contributed by atoms with Crippen molar-refractivity contribution in [2.24, 2.45) is 33.5 Å². The van der Waals surface area contributed by atoms with E-state index in [1.807, 2.05) is 6.08 Å². The van der Waals surface area contributed by atoms with E-state index in [2.05, 4.69) is 41.5 Å². The number of Topliss-reactive ketones (excluding diaryl/α,β-unsaturated/α-hetero) is 1. The molecule has 6 heteroatoms. The van der Waals surface area contributed by atoms with Crippen LogP contribution in [0.1, 0.15) is 106 Å². The summed E-state index contributed by atoms with van der Waals surface area (Å²) >= 11 is 0. The van der Waals surface area contributed by atoms with Crippen LogP contribution in [0.4, 0.5) is 0 Å². The molecule has 4 saturated carbocycles. The van der Waals surface area contributed by atoms with Crippen molar-refractivity contribution in [1.29, 1.82) is 0 Å². The number of ether oxygens (including phenoxy) is 2. The first-order valence-electron chi connectivity index (χ1n) is 14.3. The van der Waals surface area contributed by atoms with Gasteiger partial charge in [-0.1, -0.05) is 46.8 Å². The number of methoxy groups -OCH3 is 1. The number of epoxide rings is 1. The molecule has 6 nitrogen and oxygen atoms in total. The Labute approximate surface area is 222 Å². The third-order valence-corrected chi connectivity index (χ3v) is 12.4. The molecule has 5 aliphatic rings. The molecule has 0 aromatic carbocycles. The summed E-state index contributed by atoms with van der Waals surface area (Å²) in [7, 11) is 1.42. The van der Waals surface area contributed by atoms with Crippen molar-refractivity contribution in [3.8, 4) is 0 Å². The van der Waals surface area contributed by atoms with Crippen LogP contribution in [0.3, 0.4) is 0 Å². The minimum absolute atomic E-state index is 0.0734. The minimum atomic E-state index is -1.62. The zero-order valence-corrected chi connectivity index (χ0v) is 24.2. The van der Waals surface area contributed by atoms with E-state index in [4.69, 9.17) is 9.47 Å². The van der Waals surface area contributed by atoms with Crippen LogP contribution in [0.25, 0.3) is 0 Å².